The largest absolute Gasteiger partial charge is 0.489 e. The van der Waals surface area contributed by atoms with Gasteiger partial charge in [-0.2, -0.15) is 0 Å². The zero-order valence-electron chi connectivity index (χ0n) is 19.4. The highest BCUT2D eigenvalue weighted by Gasteiger charge is 2.68. The number of hydrogen-bond donors (Lipinski definition) is 2. The first-order chi connectivity index (χ1) is 16.3. The number of amides is 3. The molecule has 2 heterocycles. The molecule has 5 fully saturated rings. The molecule has 1 aromatic carbocycles. The molecular weight excluding hydrogens is 437 g/mol. The Morgan fingerprint density at radius 3 is 2.65 bits per heavy atom. The van der Waals surface area contributed by atoms with Crippen LogP contribution in [0.4, 0.5) is 4.39 Å². The number of nitrogens with zero attached hydrogens (tertiary/aromatic N) is 1. The number of halogens is 1. The molecule has 0 aromatic heterocycles. The number of benzene rings is 1. The van der Waals surface area contributed by atoms with E-state index in [2.05, 4.69) is 10.6 Å². The second kappa shape index (κ2) is 8.04. The number of imide groups is 1. The summed E-state index contributed by atoms with van der Waals surface area (Å²) in [6.45, 7) is 1.21. The van der Waals surface area contributed by atoms with E-state index in [1.54, 1.807) is 11.0 Å². The van der Waals surface area contributed by atoms with Gasteiger partial charge in [0.2, 0.25) is 11.8 Å². The van der Waals surface area contributed by atoms with Gasteiger partial charge in [-0.25, -0.2) is 4.39 Å². The zero-order valence-corrected chi connectivity index (χ0v) is 19.4. The molecule has 7 nitrogen and oxygen atoms in total. The standard InChI is InChI=1S/C26H32FN3O4/c27-26-12-25(13-26,14-26)15-28-19-4-2-1-3-5-21(19)34-17-6-7-18-16(10-17)11-30(24(18)33)20-8-9-22(31)29-23(20)32/h6-7,10,19-21,28H,1-5,8-9,11-15H2,(H,29,31,32)/t19-,20?,21+,25?,26?/m0/s1. The van der Waals surface area contributed by atoms with E-state index in [1.165, 1.54) is 6.42 Å². The molecule has 4 saturated carbocycles. The van der Waals surface area contributed by atoms with Gasteiger partial charge in [0.25, 0.3) is 5.91 Å². The molecule has 8 heteroatoms. The summed E-state index contributed by atoms with van der Waals surface area (Å²) < 4.78 is 20.4. The fourth-order valence-electron chi connectivity index (χ4n) is 6.84. The molecule has 2 aliphatic heterocycles. The van der Waals surface area contributed by atoms with Crippen molar-refractivity contribution in [1.29, 1.82) is 0 Å². The highest BCUT2D eigenvalue weighted by Crippen LogP contribution is 2.69. The van der Waals surface area contributed by atoms with Crippen molar-refractivity contribution in [2.75, 3.05) is 6.54 Å². The molecule has 0 spiro atoms. The van der Waals surface area contributed by atoms with Crippen molar-refractivity contribution in [3.63, 3.8) is 0 Å². The molecule has 2 bridgehead atoms. The number of carbonyl (C=O) groups is 3. The van der Waals surface area contributed by atoms with Crippen LogP contribution in [0.3, 0.4) is 0 Å². The predicted molar refractivity (Wildman–Crippen MR) is 122 cm³/mol. The van der Waals surface area contributed by atoms with Crippen LogP contribution in [-0.4, -0.2) is 53.0 Å². The molecule has 2 N–H and O–H groups in total. The van der Waals surface area contributed by atoms with E-state index < -0.39 is 17.6 Å². The van der Waals surface area contributed by atoms with Gasteiger partial charge in [0.15, 0.2) is 0 Å². The van der Waals surface area contributed by atoms with E-state index in [9.17, 15) is 18.8 Å². The number of piperidine rings is 1. The Morgan fingerprint density at radius 2 is 1.88 bits per heavy atom. The van der Waals surface area contributed by atoms with Gasteiger partial charge in [0.05, 0.1) is 0 Å². The van der Waals surface area contributed by atoms with E-state index >= 15 is 0 Å². The van der Waals surface area contributed by atoms with Crippen LogP contribution in [0.25, 0.3) is 0 Å². The van der Waals surface area contributed by atoms with Gasteiger partial charge in [-0.1, -0.05) is 12.8 Å². The molecule has 6 aliphatic rings. The van der Waals surface area contributed by atoms with Gasteiger partial charge < -0.3 is 15.0 Å². The monoisotopic (exact) mass is 469 g/mol. The van der Waals surface area contributed by atoms with Crippen LogP contribution in [0.5, 0.6) is 5.75 Å². The summed E-state index contributed by atoms with van der Waals surface area (Å²) >= 11 is 0. The second-order valence-corrected chi connectivity index (χ2v) is 11.2. The van der Waals surface area contributed by atoms with Crippen molar-refractivity contribution < 1.29 is 23.5 Å². The summed E-state index contributed by atoms with van der Waals surface area (Å²) in [6, 6.07) is 5.19. The normalized spacial score (nSPS) is 36.8. The van der Waals surface area contributed by atoms with Gasteiger partial charge >= 0.3 is 0 Å². The minimum absolute atomic E-state index is 0.0376. The second-order valence-electron chi connectivity index (χ2n) is 11.2. The molecule has 34 heavy (non-hydrogen) atoms. The third-order valence-corrected chi connectivity index (χ3v) is 8.55. The fraction of sp³-hybridized carbons (Fsp3) is 0.654. The Bertz CT molecular complexity index is 1020. The van der Waals surface area contributed by atoms with Crippen LogP contribution in [0, 0.1) is 5.41 Å². The number of nitrogens with one attached hydrogen (secondary N) is 2. The first-order valence-electron chi connectivity index (χ1n) is 12.7. The minimum Gasteiger partial charge on any atom is -0.489 e. The minimum atomic E-state index is -0.870. The van der Waals surface area contributed by atoms with E-state index in [0.29, 0.717) is 37.8 Å². The van der Waals surface area contributed by atoms with Crippen molar-refractivity contribution in [1.82, 2.24) is 15.5 Å². The molecule has 182 valence electrons. The van der Waals surface area contributed by atoms with Crippen LogP contribution in [-0.2, 0) is 16.1 Å². The number of ether oxygens (including phenoxy) is 1. The Balaban J connectivity index is 1.12. The molecule has 0 radical (unpaired) electrons. The average molecular weight is 470 g/mol. The highest BCUT2D eigenvalue weighted by molar-refractivity contribution is 6.05. The van der Waals surface area contributed by atoms with E-state index in [4.69, 9.17) is 4.74 Å². The van der Waals surface area contributed by atoms with E-state index in [0.717, 1.165) is 43.5 Å². The fourth-order valence-corrected chi connectivity index (χ4v) is 6.84. The van der Waals surface area contributed by atoms with Gasteiger partial charge in [-0.3, -0.25) is 19.7 Å². The molecule has 4 aliphatic carbocycles. The van der Waals surface area contributed by atoms with Gasteiger partial charge in [-0.15, -0.1) is 0 Å². The smallest absolute Gasteiger partial charge is 0.255 e. The summed E-state index contributed by atoms with van der Waals surface area (Å²) in [7, 11) is 0. The summed E-state index contributed by atoms with van der Waals surface area (Å²) in [6.07, 6.45) is 8.24. The summed E-state index contributed by atoms with van der Waals surface area (Å²) in [4.78, 5) is 38.3. The lowest BCUT2D eigenvalue weighted by atomic mass is 9.42. The topological polar surface area (TPSA) is 87.7 Å². The number of carbonyl (C=O) groups excluding carboxylic acids is 3. The maximum Gasteiger partial charge on any atom is 0.255 e. The highest BCUT2D eigenvalue weighted by atomic mass is 19.1. The maximum absolute atomic E-state index is 13.9. The number of fused-ring (bicyclic) bond motifs is 1. The molecule has 3 atom stereocenters. The van der Waals surface area contributed by atoms with Crippen molar-refractivity contribution >= 4 is 17.7 Å². The number of alkyl halides is 1. The van der Waals surface area contributed by atoms with Crippen LogP contribution in [0.2, 0.25) is 0 Å². The van der Waals surface area contributed by atoms with E-state index in [-0.39, 0.29) is 35.8 Å². The Kier molecular flexibility index (Phi) is 5.20. The van der Waals surface area contributed by atoms with Crippen LogP contribution >= 0.6 is 0 Å². The average Bonchev–Trinajstić information content (AvgIpc) is 2.92. The van der Waals surface area contributed by atoms with Gasteiger partial charge in [0.1, 0.15) is 23.6 Å². The Morgan fingerprint density at radius 1 is 1.09 bits per heavy atom. The van der Waals surface area contributed by atoms with Crippen LogP contribution < -0.4 is 15.4 Å². The van der Waals surface area contributed by atoms with Crippen LogP contribution in [0.15, 0.2) is 18.2 Å². The quantitative estimate of drug-likeness (QED) is 0.494. The van der Waals surface area contributed by atoms with E-state index in [1.807, 2.05) is 12.1 Å². The van der Waals surface area contributed by atoms with Crippen molar-refractivity contribution in [3.8, 4) is 5.75 Å². The lowest BCUT2D eigenvalue weighted by molar-refractivity contribution is -0.211. The van der Waals surface area contributed by atoms with Crippen LogP contribution in [0.1, 0.15) is 80.1 Å². The molecule has 1 saturated heterocycles. The zero-order chi connectivity index (χ0) is 23.5. The Hall–Kier alpha value is -2.48. The lowest BCUT2D eigenvalue weighted by Crippen LogP contribution is -2.68. The molecule has 1 unspecified atom stereocenters. The van der Waals surface area contributed by atoms with Crippen molar-refractivity contribution in [3.05, 3.63) is 29.3 Å². The number of hydrogen-bond acceptors (Lipinski definition) is 5. The molecule has 1 aromatic rings. The first-order valence-corrected chi connectivity index (χ1v) is 12.7. The predicted octanol–water partition coefficient (Wildman–Crippen LogP) is 3.01. The maximum atomic E-state index is 13.9. The van der Waals surface area contributed by atoms with Crippen molar-refractivity contribution in [2.24, 2.45) is 5.41 Å². The van der Waals surface area contributed by atoms with Gasteiger partial charge in [-0.05, 0) is 74.1 Å². The molecular formula is C26H32FN3O4. The summed E-state index contributed by atoms with van der Waals surface area (Å²) in [5.41, 5.74) is 0.743. The first kappa shape index (κ1) is 22.0. The van der Waals surface area contributed by atoms with Gasteiger partial charge in [0, 0.05) is 31.1 Å². The molecule has 3 amide bonds. The van der Waals surface area contributed by atoms with Crippen molar-refractivity contribution in [2.45, 2.75) is 94.6 Å². The SMILES string of the molecule is O=C1CCC(N2Cc3cc(O[C@@H]4CCCCC[C@@H]4NCC45CC(F)(C4)C5)ccc3C2=O)C(=O)N1. The molecule has 7 rings (SSSR count). The third kappa shape index (κ3) is 3.80. The summed E-state index contributed by atoms with van der Waals surface area (Å²) in [5, 5.41) is 6.06. The summed E-state index contributed by atoms with van der Waals surface area (Å²) in [5.74, 6) is -0.118. The lowest BCUT2D eigenvalue weighted by Gasteiger charge is -2.66. The number of rotatable bonds is 6. The third-order valence-electron chi connectivity index (χ3n) is 8.55. The Labute approximate surface area is 198 Å².